The maximum atomic E-state index is 12.4. The minimum atomic E-state index is -0.231. The van der Waals surface area contributed by atoms with Gasteiger partial charge in [-0.15, -0.1) is 0 Å². The van der Waals surface area contributed by atoms with Crippen LogP contribution in [0.5, 0.6) is 5.75 Å². The quantitative estimate of drug-likeness (QED) is 0.314. The Morgan fingerprint density at radius 1 is 1.06 bits per heavy atom. The van der Waals surface area contributed by atoms with Crippen LogP contribution >= 0.6 is 15.9 Å². The van der Waals surface area contributed by atoms with E-state index >= 15 is 0 Å². The topological polar surface area (TPSA) is 77.2 Å². The third-order valence-electron chi connectivity index (χ3n) is 5.95. The van der Waals surface area contributed by atoms with E-state index in [9.17, 15) is 4.79 Å². The van der Waals surface area contributed by atoms with Crippen LogP contribution < -0.4 is 10.1 Å². The average molecular weight is 506 g/mol. The summed E-state index contributed by atoms with van der Waals surface area (Å²) in [6, 6.07) is 15.4. The van der Waals surface area contributed by atoms with Crippen LogP contribution in [0, 0.1) is 0 Å². The Hall–Kier alpha value is -3.19. The van der Waals surface area contributed by atoms with Gasteiger partial charge in [0, 0.05) is 22.6 Å². The van der Waals surface area contributed by atoms with Crippen LogP contribution in [0.2, 0.25) is 0 Å². The van der Waals surface area contributed by atoms with E-state index in [-0.39, 0.29) is 12.5 Å². The van der Waals surface area contributed by atoms with Gasteiger partial charge >= 0.3 is 0 Å². The lowest BCUT2D eigenvalue weighted by atomic mass is 9.84. The predicted octanol–water partition coefficient (Wildman–Crippen LogP) is 6.72. The molecule has 2 aromatic carbocycles. The maximum Gasteiger partial charge on any atom is 0.262 e. The lowest BCUT2D eigenvalue weighted by molar-refractivity contribution is -0.118. The van der Waals surface area contributed by atoms with E-state index in [4.69, 9.17) is 9.15 Å². The first-order chi connectivity index (χ1) is 16.1. The van der Waals surface area contributed by atoms with Crippen LogP contribution in [-0.4, -0.2) is 22.5 Å². The highest BCUT2D eigenvalue weighted by atomic mass is 79.9. The van der Waals surface area contributed by atoms with Crippen LogP contribution in [0.15, 0.2) is 69.8 Å². The summed E-state index contributed by atoms with van der Waals surface area (Å²) in [6.45, 7) is -0.0609. The van der Waals surface area contributed by atoms with Crippen molar-refractivity contribution in [1.82, 2.24) is 9.97 Å². The monoisotopic (exact) mass is 505 g/mol. The van der Waals surface area contributed by atoms with E-state index in [1.807, 2.05) is 18.2 Å². The summed E-state index contributed by atoms with van der Waals surface area (Å²) in [5.41, 5.74) is 4.06. The first-order valence-corrected chi connectivity index (χ1v) is 12.0. The molecule has 0 radical (unpaired) electrons. The van der Waals surface area contributed by atoms with Crippen molar-refractivity contribution in [3.8, 4) is 17.2 Å². The second-order valence-electron chi connectivity index (χ2n) is 8.33. The summed E-state index contributed by atoms with van der Waals surface area (Å²) in [7, 11) is 0. The van der Waals surface area contributed by atoms with E-state index in [0.29, 0.717) is 34.3 Å². The van der Waals surface area contributed by atoms with Gasteiger partial charge in [-0.1, -0.05) is 31.4 Å². The normalized spacial score (nSPS) is 14.3. The Balaban J connectivity index is 1.19. The summed E-state index contributed by atoms with van der Waals surface area (Å²) in [4.78, 5) is 21.1. The SMILES string of the molecule is O=C(COc1ccc(C2CCCCC2)cc1)Nc1ccc2oc(-c3cncc(Br)c3)nc2c1. The van der Waals surface area contributed by atoms with Crippen molar-refractivity contribution >= 4 is 38.6 Å². The minimum absolute atomic E-state index is 0.0609. The molecule has 1 aliphatic rings. The Kier molecular flexibility index (Phi) is 6.39. The zero-order valence-corrected chi connectivity index (χ0v) is 19.7. The molecule has 0 saturated heterocycles. The minimum Gasteiger partial charge on any atom is -0.484 e. The van der Waals surface area contributed by atoms with Crippen LogP contribution in [-0.2, 0) is 4.79 Å². The molecule has 2 heterocycles. The Bertz CT molecular complexity index is 1260. The number of ether oxygens (including phenoxy) is 1. The summed E-state index contributed by atoms with van der Waals surface area (Å²) >= 11 is 3.40. The molecule has 0 spiro atoms. The molecule has 6 nitrogen and oxygen atoms in total. The zero-order chi connectivity index (χ0) is 22.6. The molecule has 0 unspecified atom stereocenters. The molecule has 0 atom stereocenters. The third-order valence-corrected chi connectivity index (χ3v) is 6.38. The van der Waals surface area contributed by atoms with Crippen molar-refractivity contribution in [2.24, 2.45) is 0 Å². The molecule has 168 valence electrons. The summed E-state index contributed by atoms with van der Waals surface area (Å²) in [6.07, 6.45) is 9.89. The maximum absolute atomic E-state index is 12.4. The van der Waals surface area contributed by atoms with Gasteiger partial charge in [0.25, 0.3) is 5.91 Å². The Morgan fingerprint density at radius 2 is 1.88 bits per heavy atom. The Labute approximate surface area is 200 Å². The summed E-state index contributed by atoms with van der Waals surface area (Å²) in [5.74, 6) is 1.60. The smallest absolute Gasteiger partial charge is 0.262 e. The first kappa shape index (κ1) is 21.6. The van der Waals surface area contributed by atoms with Crippen LogP contribution in [0.4, 0.5) is 5.69 Å². The van der Waals surface area contributed by atoms with E-state index in [2.05, 4.69) is 43.3 Å². The van der Waals surface area contributed by atoms with Gasteiger partial charge in [-0.2, -0.15) is 0 Å². The van der Waals surface area contributed by atoms with Crippen molar-refractivity contribution < 1.29 is 13.9 Å². The number of benzene rings is 2. The van der Waals surface area contributed by atoms with Gasteiger partial charge in [0.15, 0.2) is 12.2 Å². The number of pyridine rings is 1. The molecule has 0 bridgehead atoms. The molecular formula is C26H24BrN3O3. The molecule has 2 aromatic heterocycles. The number of rotatable bonds is 6. The van der Waals surface area contributed by atoms with Gasteiger partial charge in [-0.05, 0) is 76.7 Å². The molecule has 33 heavy (non-hydrogen) atoms. The fraction of sp³-hybridized carbons (Fsp3) is 0.269. The van der Waals surface area contributed by atoms with Crippen molar-refractivity contribution in [3.05, 3.63) is 71.0 Å². The molecule has 0 aliphatic heterocycles. The summed E-state index contributed by atoms with van der Waals surface area (Å²) in [5, 5.41) is 2.86. The number of aromatic nitrogens is 2. The Morgan fingerprint density at radius 3 is 2.67 bits per heavy atom. The van der Waals surface area contributed by atoms with Crippen molar-refractivity contribution in [3.63, 3.8) is 0 Å². The molecule has 5 rings (SSSR count). The van der Waals surface area contributed by atoms with E-state index in [1.54, 1.807) is 30.6 Å². The molecular weight excluding hydrogens is 482 g/mol. The van der Waals surface area contributed by atoms with E-state index in [0.717, 1.165) is 10.0 Å². The molecule has 7 heteroatoms. The lowest BCUT2D eigenvalue weighted by Gasteiger charge is -2.22. The van der Waals surface area contributed by atoms with Gasteiger partial charge in [0.1, 0.15) is 11.3 Å². The number of amides is 1. The second kappa shape index (κ2) is 9.75. The molecule has 1 saturated carbocycles. The number of nitrogens with one attached hydrogen (secondary N) is 1. The average Bonchev–Trinajstić information content (AvgIpc) is 3.27. The molecule has 4 aromatic rings. The highest BCUT2D eigenvalue weighted by Gasteiger charge is 2.15. The number of nitrogens with zero attached hydrogens (tertiary/aromatic N) is 2. The van der Waals surface area contributed by atoms with E-state index < -0.39 is 0 Å². The van der Waals surface area contributed by atoms with Gasteiger partial charge in [0.2, 0.25) is 5.89 Å². The highest BCUT2D eigenvalue weighted by molar-refractivity contribution is 9.10. The van der Waals surface area contributed by atoms with Crippen molar-refractivity contribution in [2.45, 2.75) is 38.0 Å². The van der Waals surface area contributed by atoms with Gasteiger partial charge in [0.05, 0.1) is 5.56 Å². The number of carbonyl (C=O) groups excluding carboxylic acids is 1. The highest BCUT2D eigenvalue weighted by Crippen LogP contribution is 2.33. The van der Waals surface area contributed by atoms with Gasteiger partial charge in [-0.3, -0.25) is 9.78 Å². The predicted molar refractivity (Wildman–Crippen MR) is 131 cm³/mol. The molecule has 1 amide bonds. The van der Waals surface area contributed by atoms with Gasteiger partial charge < -0.3 is 14.5 Å². The van der Waals surface area contributed by atoms with Crippen LogP contribution in [0.1, 0.15) is 43.6 Å². The number of hydrogen-bond donors (Lipinski definition) is 1. The van der Waals surface area contributed by atoms with Gasteiger partial charge in [-0.25, -0.2) is 4.98 Å². The largest absolute Gasteiger partial charge is 0.484 e. The fourth-order valence-corrected chi connectivity index (χ4v) is 4.64. The standard InChI is InChI=1S/C26H24BrN3O3/c27-20-12-19(14-28-15-20)26-30-23-13-21(8-11-24(23)33-26)29-25(31)16-32-22-9-6-18(7-10-22)17-4-2-1-3-5-17/h6-15,17H,1-5,16H2,(H,29,31). The van der Waals surface area contributed by atoms with Crippen molar-refractivity contribution in [1.29, 1.82) is 0 Å². The number of oxazole rings is 1. The number of halogens is 1. The number of hydrogen-bond acceptors (Lipinski definition) is 5. The zero-order valence-electron chi connectivity index (χ0n) is 18.1. The summed E-state index contributed by atoms with van der Waals surface area (Å²) < 4.78 is 12.3. The molecule has 1 N–H and O–H groups in total. The van der Waals surface area contributed by atoms with Crippen molar-refractivity contribution in [2.75, 3.05) is 11.9 Å². The molecule has 1 fully saturated rings. The van der Waals surface area contributed by atoms with Crippen LogP contribution in [0.25, 0.3) is 22.6 Å². The number of fused-ring (bicyclic) bond motifs is 1. The number of carbonyl (C=O) groups is 1. The molecule has 1 aliphatic carbocycles. The number of anilines is 1. The fourth-order valence-electron chi connectivity index (χ4n) is 4.28. The van der Waals surface area contributed by atoms with Crippen LogP contribution in [0.3, 0.4) is 0 Å². The van der Waals surface area contributed by atoms with E-state index in [1.165, 1.54) is 37.7 Å². The first-order valence-electron chi connectivity index (χ1n) is 11.2. The third kappa shape index (κ3) is 5.25. The second-order valence-corrected chi connectivity index (χ2v) is 9.25. The lowest BCUT2D eigenvalue weighted by Crippen LogP contribution is -2.20.